The van der Waals surface area contributed by atoms with Gasteiger partial charge in [-0.25, -0.2) is 30.0 Å². The predicted molar refractivity (Wildman–Crippen MR) is 244 cm³/mol. The fourth-order valence-corrected chi connectivity index (χ4v) is 5.53. The first-order valence-electron chi connectivity index (χ1n) is 18.3. The third kappa shape index (κ3) is 12.2. The van der Waals surface area contributed by atoms with E-state index in [4.69, 9.17) is 0 Å². The van der Waals surface area contributed by atoms with Gasteiger partial charge in [-0.2, -0.15) is 0 Å². The van der Waals surface area contributed by atoms with Crippen molar-refractivity contribution in [3.8, 4) is 0 Å². The van der Waals surface area contributed by atoms with Crippen molar-refractivity contribution in [2.45, 2.75) is 0 Å². The zero-order valence-corrected chi connectivity index (χ0v) is 31.0. The fourth-order valence-electron chi connectivity index (χ4n) is 5.53. The minimum absolute atomic E-state index is 0.260. The summed E-state index contributed by atoms with van der Waals surface area (Å²) in [4.78, 5) is 27.2. The Morgan fingerprint density at radius 3 is 0.842 bits per heavy atom. The molecule has 0 spiro atoms. The first kappa shape index (κ1) is 37.3. The number of nitrogens with one attached hydrogen (secondary N) is 3. The van der Waals surface area contributed by atoms with Crippen LogP contribution < -0.4 is 16.0 Å². The van der Waals surface area contributed by atoms with Gasteiger partial charge in [0.25, 0.3) is 0 Å². The van der Waals surface area contributed by atoms with Crippen LogP contribution in [-0.2, 0) is 0 Å². The molecule has 0 aromatic heterocycles. The minimum atomic E-state index is 0.260. The number of nitrogens with zero attached hydrogens (tertiary/aromatic N) is 6. The number of hydrogen-bond acceptors (Lipinski definition) is 9. The zero-order chi connectivity index (χ0) is 38.7. The molecule has 6 aromatic carbocycles. The van der Waals surface area contributed by atoms with Crippen LogP contribution in [0.15, 0.2) is 194 Å². The second-order valence-electron chi connectivity index (χ2n) is 12.6. The molecular formula is C48H39N9. The first-order chi connectivity index (χ1) is 28.2. The van der Waals surface area contributed by atoms with Gasteiger partial charge in [-0.05, 0) is 69.8 Å². The number of guanidine groups is 3. The Kier molecular flexibility index (Phi) is 13.0. The lowest BCUT2D eigenvalue weighted by Crippen LogP contribution is -2.14. The number of anilines is 3. The van der Waals surface area contributed by atoms with Crippen molar-refractivity contribution in [3.05, 3.63) is 197 Å². The Morgan fingerprint density at radius 2 is 0.544 bits per heavy atom. The van der Waals surface area contributed by atoms with Gasteiger partial charge in [0.15, 0.2) is 0 Å². The second-order valence-corrected chi connectivity index (χ2v) is 12.6. The molecule has 0 saturated carbocycles. The van der Waals surface area contributed by atoms with Crippen molar-refractivity contribution in [2.24, 2.45) is 30.0 Å². The average molecular weight is 742 g/mol. The summed E-state index contributed by atoms with van der Waals surface area (Å²) in [5, 5.41) is 9.88. The molecule has 0 unspecified atom stereocenters. The van der Waals surface area contributed by atoms with E-state index in [0.717, 1.165) is 50.4 Å². The smallest absolute Gasteiger partial charge is 0.230 e. The minimum Gasteiger partial charge on any atom is -0.324 e. The molecule has 9 heteroatoms. The van der Waals surface area contributed by atoms with Crippen LogP contribution in [0.3, 0.4) is 0 Å². The Bertz CT molecular complexity index is 2250. The molecule has 0 aliphatic carbocycles. The molecule has 0 radical (unpaired) electrons. The zero-order valence-electron chi connectivity index (χ0n) is 31.0. The third-order valence-electron chi connectivity index (χ3n) is 8.31. The molecule has 9 nitrogen and oxygen atoms in total. The largest absolute Gasteiger partial charge is 0.324 e. The van der Waals surface area contributed by atoms with Crippen LogP contribution in [0.25, 0.3) is 36.5 Å². The van der Waals surface area contributed by atoms with Gasteiger partial charge in [0.1, 0.15) is 19.0 Å². The molecule has 0 amide bonds. The maximum Gasteiger partial charge on any atom is 0.230 e. The van der Waals surface area contributed by atoms with Gasteiger partial charge in [0.05, 0.1) is 0 Å². The highest BCUT2D eigenvalue weighted by Crippen LogP contribution is 2.17. The number of rotatable bonds is 9. The summed E-state index contributed by atoms with van der Waals surface area (Å²) < 4.78 is 0. The van der Waals surface area contributed by atoms with E-state index >= 15 is 0 Å². The molecule has 7 rings (SSSR count). The summed E-state index contributed by atoms with van der Waals surface area (Å²) in [5.74, 6) is 0.781. The van der Waals surface area contributed by atoms with E-state index in [1.54, 1.807) is 0 Å². The molecule has 57 heavy (non-hydrogen) atoms. The third-order valence-corrected chi connectivity index (χ3v) is 8.31. The highest BCUT2D eigenvalue weighted by Gasteiger charge is 2.04. The van der Waals surface area contributed by atoms with E-state index in [-0.39, 0.29) is 17.9 Å². The standard InChI is InChI=1S/C48H39N9/c1-4-13-37(14-5-1)25-28-40-19-10-22-43(31-40)55-46-49-34-51-47(56-44-23-11-20-41(32-44)29-26-38-15-6-2-7-16-38)53-36-54-48(52-35-50-46)57-45-24-12-21-42(33-45)30-27-39-17-8-3-9-18-39/h1-36H,(H3,49,50,51,52,53,54,55,56,57)/b28-25+,29-26+,30-27+. The van der Waals surface area contributed by atoms with Crippen molar-refractivity contribution in [2.75, 3.05) is 16.0 Å². The van der Waals surface area contributed by atoms with E-state index in [9.17, 15) is 0 Å². The van der Waals surface area contributed by atoms with Gasteiger partial charge in [0, 0.05) is 17.1 Å². The van der Waals surface area contributed by atoms with E-state index in [2.05, 4.69) is 119 Å². The quantitative estimate of drug-likeness (QED) is 0.128. The van der Waals surface area contributed by atoms with Crippen molar-refractivity contribution < 1.29 is 0 Å². The molecule has 1 aliphatic rings. The fraction of sp³-hybridized carbons (Fsp3) is 0. The molecule has 0 atom stereocenters. The van der Waals surface area contributed by atoms with Gasteiger partial charge >= 0.3 is 0 Å². The average Bonchev–Trinajstić information content (AvgIpc) is 3.25. The van der Waals surface area contributed by atoms with Crippen molar-refractivity contribution >= 4 is 90.4 Å². The Hall–Kier alpha value is -8.04. The summed E-state index contributed by atoms with van der Waals surface area (Å²) >= 11 is 0. The van der Waals surface area contributed by atoms with E-state index in [0.29, 0.717) is 0 Å². The number of benzene rings is 6. The summed E-state index contributed by atoms with van der Waals surface area (Å²) in [5.41, 5.74) is 8.73. The lowest BCUT2D eigenvalue weighted by molar-refractivity contribution is 1.44. The van der Waals surface area contributed by atoms with Crippen molar-refractivity contribution in [1.82, 2.24) is 0 Å². The molecule has 6 aromatic rings. The highest BCUT2D eigenvalue weighted by atomic mass is 15.2. The van der Waals surface area contributed by atoms with Crippen molar-refractivity contribution in [1.29, 1.82) is 0 Å². The molecule has 0 bridgehead atoms. The summed E-state index contributed by atoms with van der Waals surface area (Å²) in [6, 6.07) is 54.3. The Balaban J connectivity index is 1.15. The van der Waals surface area contributed by atoms with Crippen molar-refractivity contribution in [3.63, 3.8) is 0 Å². The molecule has 1 aliphatic heterocycles. The van der Waals surface area contributed by atoms with E-state index in [1.807, 2.05) is 127 Å². The van der Waals surface area contributed by atoms with Crippen LogP contribution in [0.2, 0.25) is 0 Å². The molecule has 1 heterocycles. The highest BCUT2D eigenvalue weighted by molar-refractivity contribution is 6.09. The Morgan fingerprint density at radius 1 is 0.281 bits per heavy atom. The van der Waals surface area contributed by atoms with Gasteiger partial charge in [0.2, 0.25) is 17.9 Å². The second kappa shape index (κ2) is 19.9. The normalized spacial score (nSPS) is 17.6. The Labute approximate surface area is 332 Å². The number of hydrogen-bond donors (Lipinski definition) is 3. The maximum absolute atomic E-state index is 4.54. The molecule has 276 valence electrons. The van der Waals surface area contributed by atoms with Crippen LogP contribution >= 0.6 is 0 Å². The molecule has 0 saturated heterocycles. The van der Waals surface area contributed by atoms with Gasteiger partial charge in [-0.3, -0.25) is 0 Å². The molecule has 0 fully saturated rings. The monoisotopic (exact) mass is 741 g/mol. The number of aliphatic imine (C=N–C) groups is 6. The van der Waals surface area contributed by atoms with E-state index in [1.165, 1.54) is 19.0 Å². The lowest BCUT2D eigenvalue weighted by atomic mass is 10.1. The lowest BCUT2D eigenvalue weighted by Gasteiger charge is -2.08. The molecular weight excluding hydrogens is 703 g/mol. The first-order valence-corrected chi connectivity index (χ1v) is 18.3. The van der Waals surface area contributed by atoms with Gasteiger partial charge in [-0.1, -0.05) is 164 Å². The van der Waals surface area contributed by atoms with Crippen LogP contribution in [0.1, 0.15) is 33.4 Å². The maximum atomic E-state index is 4.54. The van der Waals surface area contributed by atoms with Crippen LogP contribution in [0.5, 0.6) is 0 Å². The SMILES string of the molecule is C1=N\C(Nc2cccc(/C=C/c3ccccc3)c2)=N/C=N\C(Nc2cccc(/C=C/c3ccccc3)c2)=N/C=N\C(Nc2cccc(/C=C/c3ccccc3)c2)=N/1. The summed E-state index contributed by atoms with van der Waals surface area (Å²) in [6.07, 6.45) is 16.5. The van der Waals surface area contributed by atoms with Crippen LogP contribution in [-0.4, -0.2) is 36.9 Å². The van der Waals surface area contributed by atoms with Gasteiger partial charge in [-0.15, -0.1) is 0 Å². The predicted octanol–water partition coefficient (Wildman–Crippen LogP) is 11.0. The van der Waals surface area contributed by atoms with Crippen LogP contribution in [0.4, 0.5) is 17.1 Å². The topological polar surface area (TPSA) is 110 Å². The molecule has 3 N–H and O–H groups in total. The summed E-state index contributed by atoms with van der Waals surface area (Å²) in [6.45, 7) is 0. The summed E-state index contributed by atoms with van der Waals surface area (Å²) in [7, 11) is 0. The van der Waals surface area contributed by atoms with Gasteiger partial charge < -0.3 is 16.0 Å². The van der Waals surface area contributed by atoms with Crippen LogP contribution in [0, 0.1) is 0 Å². The van der Waals surface area contributed by atoms with E-state index < -0.39 is 0 Å².